The van der Waals surface area contributed by atoms with Crippen LogP contribution in [0.4, 0.5) is 0 Å². The molecule has 0 radical (unpaired) electrons. The Morgan fingerprint density at radius 1 is 1.21 bits per heavy atom. The van der Waals surface area contributed by atoms with E-state index in [1.807, 2.05) is 18.2 Å². The van der Waals surface area contributed by atoms with Gasteiger partial charge < -0.3 is 14.8 Å². The predicted octanol–water partition coefficient (Wildman–Crippen LogP) is 3.93. The Bertz CT molecular complexity index is 402. The normalized spacial score (nSPS) is 13.2. The molecule has 0 spiro atoms. The molecule has 3 nitrogen and oxygen atoms in total. The average molecular weight is 265 g/mol. The quantitative estimate of drug-likeness (QED) is 0.810. The van der Waals surface area contributed by atoms with Gasteiger partial charge in [-0.15, -0.1) is 0 Å². The van der Waals surface area contributed by atoms with Gasteiger partial charge in [-0.3, -0.25) is 0 Å². The lowest BCUT2D eigenvalue weighted by Gasteiger charge is -2.28. The van der Waals surface area contributed by atoms with Crippen molar-refractivity contribution in [2.45, 2.75) is 52.7 Å². The maximum Gasteiger partial charge on any atom is 0.128 e. The number of ether oxygens (including phenoxy) is 2. The summed E-state index contributed by atoms with van der Waals surface area (Å²) >= 11 is 0. The zero-order chi connectivity index (χ0) is 14.5. The molecule has 0 aliphatic rings. The van der Waals surface area contributed by atoms with E-state index in [9.17, 15) is 0 Å². The number of methoxy groups -OCH3 is 1. The van der Waals surface area contributed by atoms with E-state index in [4.69, 9.17) is 9.47 Å². The highest BCUT2D eigenvalue weighted by Gasteiger charge is 2.22. The van der Waals surface area contributed by atoms with Crippen molar-refractivity contribution in [3.8, 4) is 11.5 Å². The van der Waals surface area contributed by atoms with Crippen LogP contribution in [0.3, 0.4) is 0 Å². The molecule has 1 unspecified atom stereocenters. The summed E-state index contributed by atoms with van der Waals surface area (Å²) in [6, 6.07) is 6.17. The molecule has 0 bridgehead atoms. The van der Waals surface area contributed by atoms with E-state index in [-0.39, 0.29) is 11.6 Å². The van der Waals surface area contributed by atoms with Crippen molar-refractivity contribution in [2.75, 3.05) is 13.7 Å². The lowest BCUT2D eigenvalue weighted by molar-refractivity contribution is 0.103. The van der Waals surface area contributed by atoms with E-state index < -0.39 is 0 Å². The van der Waals surface area contributed by atoms with Crippen LogP contribution in [-0.2, 0) is 0 Å². The highest BCUT2D eigenvalue weighted by atomic mass is 16.5. The molecule has 0 amide bonds. The number of benzene rings is 1. The number of rotatable bonds is 7. The van der Waals surface area contributed by atoms with Gasteiger partial charge in [-0.25, -0.2) is 0 Å². The standard InChI is InChI=1S/C16H27NO2/c1-7-16(4,5)19-14-11-9-10-13(18-6)15(14)12(3)17-8-2/h9-12,17H,7-8H2,1-6H3. The van der Waals surface area contributed by atoms with Gasteiger partial charge in [0.05, 0.1) is 12.7 Å². The second-order valence-electron chi connectivity index (χ2n) is 5.37. The van der Waals surface area contributed by atoms with Crippen molar-refractivity contribution in [1.29, 1.82) is 0 Å². The van der Waals surface area contributed by atoms with Crippen LogP contribution in [0.5, 0.6) is 11.5 Å². The molecule has 1 rings (SSSR count). The van der Waals surface area contributed by atoms with Gasteiger partial charge in [0.15, 0.2) is 0 Å². The summed E-state index contributed by atoms with van der Waals surface area (Å²) in [6.45, 7) is 11.5. The summed E-state index contributed by atoms with van der Waals surface area (Å²) in [7, 11) is 1.70. The predicted molar refractivity (Wildman–Crippen MR) is 80.1 cm³/mol. The first kappa shape index (κ1) is 15.8. The van der Waals surface area contributed by atoms with Crippen LogP contribution >= 0.6 is 0 Å². The van der Waals surface area contributed by atoms with Crippen LogP contribution < -0.4 is 14.8 Å². The van der Waals surface area contributed by atoms with Gasteiger partial charge in [0, 0.05) is 6.04 Å². The summed E-state index contributed by atoms with van der Waals surface area (Å²) in [5.41, 5.74) is 0.918. The summed E-state index contributed by atoms with van der Waals surface area (Å²) in [5, 5.41) is 3.42. The maximum atomic E-state index is 6.17. The molecule has 1 aromatic carbocycles. The van der Waals surface area contributed by atoms with Crippen molar-refractivity contribution >= 4 is 0 Å². The number of hydrogen-bond acceptors (Lipinski definition) is 3. The molecule has 1 N–H and O–H groups in total. The van der Waals surface area contributed by atoms with Gasteiger partial charge in [0.2, 0.25) is 0 Å². The molecule has 0 saturated heterocycles. The Balaban J connectivity index is 3.15. The third-order valence-corrected chi connectivity index (χ3v) is 3.43. The van der Waals surface area contributed by atoms with Gasteiger partial charge in [0.25, 0.3) is 0 Å². The second kappa shape index (κ2) is 6.80. The van der Waals surface area contributed by atoms with Crippen molar-refractivity contribution < 1.29 is 9.47 Å². The molecule has 108 valence electrons. The Hall–Kier alpha value is -1.22. The van der Waals surface area contributed by atoms with Crippen molar-refractivity contribution in [3.63, 3.8) is 0 Å². The van der Waals surface area contributed by atoms with Gasteiger partial charge in [-0.2, -0.15) is 0 Å². The highest BCUT2D eigenvalue weighted by Crippen LogP contribution is 2.36. The average Bonchev–Trinajstić information content (AvgIpc) is 2.38. The fraction of sp³-hybridized carbons (Fsp3) is 0.625. The van der Waals surface area contributed by atoms with Crippen molar-refractivity contribution in [1.82, 2.24) is 5.32 Å². The van der Waals surface area contributed by atoms with Crippen molar-refractivity contribution in [2.24, 2.45) is 0 Å². The maximum absolute atomic E-state index is 6.17. The van der Waals surface area contributed by atoms with Crippen LogP contribution in [0.2, 0.25) is 0 Å². The Kier molecular flexibility index (Phi) is 5.67. The van der Waals surface area contributed by atoms with Crippen LogP contribution in [0, 0.1) is 0 Å². The molecule has 3 heteroatoms. The van der Waals surface area contributed by atoms with Gasteiger partial charge in [-0.05, 0) is 45.9 Å². The monoisotopic (exact) mass is 265 g/mol. The van der Waals surface area contributed by atoms with Gasteiger partial charge in [0.1, 0.15) is 17.1 Å². The minimum absolute atomic E-state index is 0.174. The van der Waals surface area contributed by atoms with E-state index in [1.54, 1.807) is 7.11 Å². The second-order valence-corrected chi connectivity index (χ2v) is 5.37. The third-order valence-electron chi connectivity index (χ3n) is 3.43. The lowest BCUT2D eigenvalue weighted by Crippen LogP contribution is -2.28. The van der Waals surface area contributed by atoms with Crippen LogP contribution in [0.25, 0.3) is 0 Å². The van der Waals surface area contributed by atoms with E-state index in [0.29, 0.717) is 0 Å². The molecule has 0 aliphatic carbocycles. The highest BCUT2D eigenvalue weighted by molar-refractivity contribution is 5.47. The third kappa shape index (κ3) is 4.13. The summed E-state index contributed by atoms with van der Waals surface area (Å²) < 4.78 is 11.7. The minimum atomic E-state index is -0.174. The zero-order valence-corrected chi connectivity index (χ0v) is 13.0. The molecule has 0 saturated carbocycles. The van der Waals surface area contributed by atoms with E-state index in [1.165, 1.54) is 0 Å². The topological polar surface area (TPSA) is 30.5 Å². The molecule has 0 heterocycles. The van der Waals surface area contributed by atoms with E-state index >= 15 is 0 Å². The molecule has 1 aromatic rings. The zero-order valence-electron chi connectivity index (χ0n) is 13.0. The van der Waals surface area contributed by atoms with E-state index in [2.05, 4.69) is 39.9 Å². The van der Waals surface area contributed by atoms with Gasteiger partial charge in [-0.1, -0.05) is 19.9 Å². The fourth-order valence-corrected chi connectivity index (χ4v) is 2.00. The Morgan fingerprint density at radius 2 is 1.84 bits per heavy atom. The smallest absolute Gasteiger partial charge is 0.128 e. The molecule has 1 atom stereocenters. The minimum Gasteiger partial charge on any atom is -0.496 e. The molecular weight excluding hydrogens is 238 g/mol. The van der Waals surface area contributed by atoms with Crippen molar-refractivity contribution in [3.05, 3.63) is 23.8 Å². The lowest BCUT2D eigenvalue weighted by atomic mass is 10.0. The first-order valence-electron chi connectivity index (χ1n) is 7.04. The molecule has 0 aromatic heterocycles. The summed E-state index contributed by atoms with van der Waals surface area (Å²) in [5.74, 6) is 1.78. The molecule has 0 aliphatic heterocycles. The molecule has 0 fully saturated rings. The SMILES string of the molecule is CCNC(C)c1c(OC)cccc1OC(C)(C)CC. The largest absolute Gasteiger partial charge is 0.496 e. The fourth-order valence-electron chi connectivity index (χ4n) is 2.00. The van der Waals surface area contributed by atoms with Crippen LogP contribution in [-0.4, -0.2) is 19.3 Å². The summed E-state index contributed by atoms with van der Waals surface area (Å²) in [6.07, 6.45) is 0.958. The first-order valence-corrected chi connectivity index (χ1v) is 7.04. The Morgan fingerprint density at radius 3 is 2.37 bits per heavy atom. The van der Waals surface area contributed by atoms with Crippen LogP contribution in [0.15, 0.2) is 18.2 Å². The van der Waals surface area contributed by atoms with Gasteiger partial charge >= 0.3 is 0 Å². The van der Waals surface area contributed by atoms with Crippen LogP contribution in [0.1, 0.15) is 52.6 Å². The molecular formula is C16H27NO2. The summed E-state index contributed by atoms with van der Waals surface area (Å²) in [4.78, 5) is 0. The molecule has 19 heavy (non-hydrogen) atoms. The van der Waals surface area contributed by atoms with E-state index in [0.717, 1.165) is 30.0 Å². The first-order chi connectivity index (χ1) is 8.95. The number of hydrogen-bond donors (Lipinski definition) is 1. The number of nitrogens with one attached hydrogen (secondary N) is 1. The Labute approximate surface area is 117 Å².